The number of likely N-dealkylation sites (N-methyl/N-ethyl adjacent to an activating group) is 1. The van der Waals surface area contributed by atoms with Crippen molar-refractivity contribution in [2.75, 3.05) is 27.2 Å². The number of hydrogen-bond acceptors (Lipinski definition) is 3. The highest BCUT2D eigenvalue weighted by Gasteiger charge is 2.34. The van der Waals surface area contributed by atoms with Gasteiger partial charge in [-0.05, 0) is 37.2 Å². The van der Waals surface area contributed by atoms with E-state index < -0.39 is 0 Å². The van der Waals surface area contributed by atoms with Crippen LogP contribution in [0, 0.1) is 11.8 Å². The molecule has 2 aliphatic carbocycles. The summed E-state index contributed by atoms with van der Waals surface area (Å²) in [6.45, 7) is 0.845. The van der Waals surface area contributed by atoms with Crippen molar-refractivity contribution in [1.82, 2.24) is 15.5 Å². The van der Waals surface area contributed by atoms with Gasteiger partial charge in [0.15, 0.2) is 5.96 Å². The molecule has 29 heavy (non-hydrogen) atoms. The molecule has 6 heteroatoms. The quantitative estimate of drug-likeness (QED) is 0.604. The number of aliphatic imine (C=N–C) groups is 1. The summed E-state index contributed by atoms with van der Waals surface area (Å²) in [6.07, 6.45) is 8.77. The molecule has 0 aromatic heterocycles. The Bertz CT molecular complexity index is 748. The molecule has 1 heterocycles. The second-order valence-electron chi connectivity index (χ2n) is 8.93. The fourth-order valence-corrected chi connectivity index (χ4v) is 5.11. The van der Waals surface area contributed by atoms with Crippen LogP contribution in [0.5, 0.6) is 5.75 Å². The highest BCUT2D eigenvalue weighted by atomic mass is 16.5. The minimum Gasteiger partial charge on any atom is -0.493 e. The maximum absolute atomic E-state index is 12.1. The maximum Gasteiger partial charge on any atom is 0.243 e. The Morgan fingerprint density at radius 3 is 2.79 bits per heavy atom. The van der Waals surface area contributed by atoms with Gasteiger partial charge in [0.2, 0.25) is 5.91 Å². The van der Waals surface area contributed by atoms with Crippen LogP contribution in [0.1, 0.15) is 56.6 Å². The fourth-order valence-electron chi connectivity index (χ4n) is 5.11. The molecule has 1 aromatic carbocycles. The number of fused-ring (bicyclic) bond motifs is 2. The minimum absolute atomic E-state index is 0.0120. The van der Waals surface area contributed by atoms with Gasteiger partial charge in [0.1, 0.15) is 12.3 Å². The van der Waals surface area contributed by atoms with Gasteiger partial charge in [-0.2, -0.15) is 0 Å². The summed E-state index contributed by atoms with van der Waals surface area (Å²) in [7, 11) is 3.54. The van der Waals surface area contributed by atoms with E-state index in [1.165, 1.54) is 38.5 Å². The molecule has 0 spiro atoms. The average molecular weight is 399 g/mol. The Morgan fingerprint density at radius 1 is 1.10 bits per heavy atom. The average Bonchev–Trinajstić information content (AvgIpc) is 3.20. The molecule has 1 aliphatic heterocycles. The van der Waals surface area contributed by atoms with Gasteiger partial charge < -0.3 is 20.3 Å². The van der Waals surface area contributed by atoms with Gasteiger partial charge in [0, 0.05) is 32.1 Å². The van der Waals surface area contributed by atoms with Crippen molar-refractivity contribution in [1.29, 1.82) is 0 Å². The molecule has 2 N–H and O–H groups in total. The molecule has 1 aromatic rings. The number of rotatable bonds is 4. The monoisotopic (exact) mass is 398 g/mol. The lowest BCUT2D eigenvalue weighted by Gasteiger charge is -2.34. The minimum atomic E-state index is 0.0120. The van der Waals surface area contributed by atoms with Gasteiger partial charge in [-0.25, -0.2) is 4.99 Å². The van der Waals surface area contributed by atoms with E-state index in [4.69, 9.17) is 4.74 Å². The largest absolute Gasteiger partial charge is 0.493 e. The Morgan fingerprint density at radius 2 is 1.93 bits per heavy atom. The summed E-state index contributed by atoms with van der Waals surface area (Å²) < 4.78 is 5.80. The molecular weight excluding hydrogens is 364 g/mol. The molecule has 0 bridgehead atoms. The first-order valence-electron chi connectivity index (χ1n) is 11.1. The van der Waals surface area contributed by atoms with E-state index in [1.54, 1.807) is 19.0 Å². The number of hydrogen-bond donors (Lipinski definition) is 2. The van der Waals surface area contributed by atoms with Crippen molar-refractivity contribution in [3.05, 3.63) is 29.8 Å². The van der Waals surface area contributed by atoms with E-state index in [2.05, 4.69) is 21.7 Å². The topological polar surface area (TPSA) is 66.0 Å². The van der Waals surface area contributed by atoms with Crippen LogP contribution in [0.4, 0.5) is 0 Å². The Balaban J connectivity index is 1.47. The number of benzene rings is 1. The number of para-hydroxylation sites is 1. The first-order valence-corrected chi connectivity index (χ1v) is 11.1. The van der Waals surface area contributed by atoms with Crippen LogP contribution in [0.3, 0.4) is 0 Å². The SMILES string of the molecule is CN(C)C(=O)CN=C(NC1CCC2CCCC2C1)NC1CCOc2ccccc21. The number of carbonyl (C=O) groups is 1. The lowest BCUT2D eigenvalue weighted by molar-refractivity contribution is -0.127. The number of guanidine groups is 1. The maximum atomic E-state index is 12.1. The van der Waals surface area contributed by atoms with Crippen LogP contribution >= 0.6 is 0 Å². The molecule has 2 saturated carbocycles. The molecule has 4 atom stereocenters. The van der Waals surface area contributed by atoms with Gasteiger partial charge in [0.05, 0.1) is 12.6 Å². The van der Waals surface area contributed by atoms with E-state index in [0.717, 1.165) is 35.5 Å². The number of nitrogens with zero attached hydrogens (tertiary/aromatic N) is 2. The smallest absolute Gasteiger partial charge is 0.243 e. The number of ether oxygens (including phenoxy) is 1. The molecular formula is C23H34N4O2. The Labute approximate surface area is 174 Å². The Kier molecular flexibility index (Phi) is 6.26. The lowest BCUT2D eigenvalue weighted by atomic mass is 9.79. The molecule has 0 radical (unpaired) electrons. The molecule has 2 fully saturated rings. The highest BCUT2D eigenvalue weighted by Crippen LogP contribution is 2.42. The fraction of sp³-hybridized carbons (Fsp3) is 0.652. The van der Waals surface area contributed by atoms with Crippen molar-refractivity contribution in [3.63, 3.8) is 0 Å². The lowest BCUT2D eigenvalue weighted by Crippen LogP contribution is -2.48. The van der Waals surface area contributed by atoms with Crippen LogP contribution in [-0.2, 0) is 4.79 Å². The zero-order valence-electron chi connectivity index (χ0n) is 17.7. The summed E-state index contributed by atoms with van der Waals surface area (Å²) in [4.78, 5) is 18.4. The second-order valence-corrected chi connectivity index (χ2v) is 8.93. The summed E-state index contributed by atoms with van der Waals surface area (Å²) >= 11 is 0. The third-order valence-corrected chi connectivity index (χ3v) is 6.77. The zero-order chi connectivity index (χ0) is 20.2. The highest BCUT2D eigenvalue weighted by molar-refractivity contribution is 5.85. The zero-order valence-corrected chi connectivity index (χ0v) is 17.7. The van der Waals surface area contributed by atoms with Crippen molar-refractivity contribution in [2.45, 2.75) is 57.0 Å². The van der Waals surface area contributed by atoms with E-state index in [1.807, 2.05) is 18.2 Å². The Hall–Kier alpha value is -2.24. The first kappa shape index (κ1) is 20.0. The molecule has 1 amide bonds. The molecule has 158 valence electrons. The molecule has 4 unspecified atom stereocenters. The van der Waals surface area contributed by atoms with Crippen LogP contribution in [0.25, 0.3) is 0 Å². The van der Waals surface area contributed by atoms with Gasteiger partial charge in [0.25, 0.3) is 0 Å². The third-order valence-electron chi connectivity index (χ3n) is 6.77. The summed E-state index contributed by atoms with van der Waals surface area (Å²) in [5, 5.41) is 7.27. The van der Waals surface area contributed by atoms with Gasteiger partial charge in [-0.1, -0.05) is 37.5 Å². The molecule has 4 rings (SSSR count). The van der Waals surface area contributed by atoms with Crippen molar-refractivity contribution in [3.8, 4) is 5.75 Å². The van der Waals surface area contributed by atoms with Gasteiger partial charge in [-0.3, -0.25) is 4.79 Å². The van der Waals surface area contributed by atoms with Crippen LogP contribution in [0.15, 0.2) is 29.3 Å². The number of nitrogens with one attached hydrogen (secondary N) is 2. The van der Waals surface area contributed by atoms with Crippen molar-refractivity contribution in [2.24, 2.45) is 16.8 Å². The molecule has 3 aliphatic rings. The number of carbonyl (C=O) groups excluding carboxylic acids is 1. The van der Waals surface area contributed by atoms with Crippen molar-refractivity contribution >= 4 is 11.9 Å². The van der Waals surface area contributed by atoms with Crippen LogP contribution < -0.4 is 15.4 Å². The van der Waals surface area contributed by atoms with Gasteiger partial charge >= 0.3 is 0 Å². The molecule has 6 nitrogen and oxygen atoms in total. The predicted molar refractivity (Wildman–Crippen MR) is 115 cm³/mol. The standard InChI is InChI=1S/C23H34N4O2/c1-27(2)22(28)15-24-23(25-18-11-10-16-6-5-7-17(16)14-18)26-20-12-13-29-21-9-4-3-8-19(20)21/h3-4,8-9,16-18,20H,5-7,10-15H2,1-2H3,(H2,24,25,26). The van der Waals surface area contributed by atoms with E-state index in [0.29, 0.717) is 12.6 Å². The summed E-state index contributed by atoms with van der Waals surface area (Å²) in [6, 6.07) is 8.75. The van der Waals surface area contributed by atoms with Crippen molar-refractivity contribution < 1.29 is 9.53 Å². The normalized spacial score (nSPS) is 28.7. The summed E-state index contributed by atoms with van der Waals surface area (Å²) in [5.74, 6) is 3.49. The number of amides is 1. The second kappa shape index (κ2) is 9.06. The van der Waals surface area contributed by atoms with E-state index in [9.17, 15) is 4.79 Å². The van der Waals surface area contributed by atoms with E-state index >= 15 is 0 Å². The van der Waals surface area contributed by atoms with Crippen LogP contribution in [-0.4, -0.2) is 50.1 Å². The first-order chi connectivity index (χ1) is 14.1. The van der Waals surface area contributed by atoms with Gasteiger partial charge in [-0.15, -0.1) is 0 Å². The van der Waals surface area contributed by atoms with E-state index in [-0.39, 0.29) is 18.5 Å². The predicted octanol–water partition coefficient (Wildman–Crippen LogP) is 3.10. The molecule has 0 saturated heterocycles. The van der Waals surface area contributed by atoms with Crippen LogP contribution in [0.2, 0.25) is 0 Å². The third kappa shape index (κ3) is 4.85. The summed E-state index contributed by atoms with van der Waals surface area (Å²) in [5.41, 5.74) is 1.16.